The first-order valence-corrected chi connectivity index (χ1v) is 7.17. The minimum Gasteiger partial charge on any atom is -0.307 e. The Morgan fingerprint density at radius 3 is 2.67 bits per heavy atom. The van der Waals surface area contributed by atoms with Gasteiger partial charge in [-0.25, -0.2) is 0 Å². The van der Waals surface area contributed by atoms with Crippen molar-refractivity contribution in [1.82, 2.24) is 20.0 Å². The van der Waals surface area contributed by atoms with Crippen LogP contribution >= 0.6 is 0 Å². The van der Waals surface area contributed by atoms with Crippen molar-refractivity contribution in [3.63, 3.8) is 0 Å². The van der Waals surface area contributed by atoms with Crippen LogP contribution < -0.4 is 5.32 Å². The normalized spacial score (nSPS) is 13.2. The number of hydrogen-bond acceptors (Lipinski definition) is 3. The number of hydrogen-bond donors (Lipinski definition) is 1. The lowest BCUT2D eigenvalue weighted by Crippen LogP contribution is -2.39. The summed E-state index contributed by atoms with van der Waals surface area (Å²) in [6.45, 7) is 14.1. The first-order chi connectivity index (χ1) is 8.71. The number of aromatic nitrogens is 2. The lowest BCUT2D eigenvalue weighted by molar-refractivity contribution is 0.270. The van der Waals surface area contributed by atoms with Crippen LogP contribution in [0.1, 0.15) is 39.8 Å². The molecule has 1 heterocycles. The molecule has 0 amide bonds. The number of likely N-dealkylation sites (N-methyl/N-ethyl adjacent to an activating group) is 1. The molecule has 0 radical (unpaired) electrons. The molecule has 1 rings (SSSR count). The molecule has 4 nitrogen and oxygen atoms in total. The molecule has 0 aliphatic carbocycles. The minimum absolute atomic E-state index is 0.509. The Balaban J connectivity index is 2.37. The van der Waals surface area contributed by atoms with Crippen molar-refractivity contribution < 1.29 is 0 Å². The van der Waals surface area contributed by atoms with Crippen molar-refractivity contribution >= 4 is 0 Å². The van der Waals surface area contributed by atoms with E-state index in [0.717, 1.165) is 39.1 Å². The van der Waals surface area contributed by atoms with E-state index in [2.05, 4.69) is 53.8 Å². The summed E-state index contributed by atoms with van der Waals surface area (Å²) in [4.78, 5) is 2.45. The van der Waals surface area contributed by atoms with Gasteiger partial charge in [0.15, 0.2) is 0 Å². The van der Waals surface area contributed by atoms with Crippen molar-refractivity contribution in [2.75, 3.05) is 19.6 Å². The summed E-state index contributed by atoms with van der Waals surface area (Å²) in [5.74, 6) is 0. The van der Waals surface area contributed by atoms with Crippen LogP contribution in [-0.2, 0) is 13.1 Å². The molecule has 18 heavy (non-hydrogen) atoms. The van der Waals surface area contributed by atoms with Gasteiger partial charge in [-0.05, 0) is 32.5 Å². The molecular weight excluding hydrogens is 224 g/mol. The second kappa shape index (κ2) is 8.27. The number of rotatable bonds is 9. The fourth-order valence-corrected chi connectivity index (χ4v) is 2.14. The van der Waals surface area contributed by atoms with Crippen LogP contribution in [0.25, 0.3) is 0 Å². The second-order valence-electron chi connectivity index (χ2n) is 4.81. The quantitative estimate of drug-likeness (QED) is 0.731. The molecule has 0 aliphatic heterocycles. The monoisotopic (exact) mass is 252 g/mol. The van der Waals surface area contributed by atoms with Crippen molar-refractivity contribution in [3.05, 3.63) is 18.0 Å². The van der Waals surface area contributed by atoms with Gasteiger partial charge < -0.3 is 10.2 Å². The average molecular weight is 252 g/mol. The molecule has 0 bridgehead atoms. The smallest absolute Gasteiger partial charge is 0.0522 e. The summed E-state index contributed by atoms with van der Waals surface area (Å²) >= 11 is 0. The van der Waals surface area contributed by atoms with Crippen LogP contribution in [0, 0.1) is 0 Å². The van der Waals surface area contributed by atoms with E-state index in [-0.39, 0.29) is 0 Å². The molecule has 104 valence electrons. The van der Waals surface area contributed by atoms with Crippen LogP contribution in [0.5, 0.6) is 0 Å². The molecule has 1 aromatic rings. The Hall–Kier alpha value is -0.870. The van der Waals surface area contributed by atoms with Crippen LogP contribution in [-0.4, -0.2) is 40.4 Å². The van der Waals surface area contributed by atoms with Gasteiger partial charge in [0.2, 0.25) is 0 Å². The highest BCUT2D eigenvalue weighted by molar-refractivity contribution is 5.00. The summed E-state index contributed by atoms with van der Waals surface area (Å²) in [5, 5.41) is 7.92. The zero-order chi connectivity index (χ0) is 13.4. The highest BCUT2D eigenvalue weighted by Gasteiger charge is 2.08. The topological polar surface area (TPSA) is 33.1 Å². The van der Waals surface area contributed by atoms with Gasteiger partial charge in [-0.1, -0.05) is 20.8 Å². The van der Waals surface area contributed by atoms with Crippen LogP contribution in [0.3, 0.4) is 0 Å². The van der Waals surface area contributed by atoms with Crippen molar-refractivity contribution in [1.29, 1.82) is 0 Å². The number of nitrogens with one attached hydrogen (secondary N) is 1. The van der Waals surface area contributed by atoms with Crippen LogP contribution in [0.4, 0.5) is 0 Å². The molecule has 0 fully saturated rings. The van der Waals surface area contributed by atoms with Crippen molar-refractivity contribution in [2.45, 2.75) is 53.2 Å². The molecule has 1 unspecified atom stereocenters. The molecule has 0 saturated carbocycles. The lowest BCUT2D eigenvalue weighted by Gasteiger charge is -2.23. The SMILES string of the molecule is CCCn1nccc1CNC(C)CN(CC)CC. The van der Waals surface area contributed by atoms with Crippen LogP contribution in [0.15, 0.2) is 12.3 Å². The highest BCUT2D eigenvalue weighted by Crippen LogP contribution is 2.01. The molecule has 0 aromatic carbocycles. The Labute approximate surface area is 111 Å². The fourth-order valence-electron chi connectivity index (χ4n) is 2.14. The summed E-state index contributed by atoms with van der Waals surface area (Å²) in [6, 6.07) is 2.61. The number of nitrogens with zero attached hydrogens (tertiary/aromatic N) is 3. The van der Waals surface area contributed by atoms with Gasteiger partial charge in [0, 0.05) is 31.9 Å². The van der Waals surface area contributed by atoms with E-state index in [1.54, 1.807) is 0 Å². The maximum absolute atomic E-state index is 4.34. The van der Waals surface area contributed by atoms with E-state index in [0.29, 0.717) is 6.04 Å². The van der Waals surface area contributed by atoms with E-state index in [1.165, 1.54) is 5.69 Å². The van der Waals surface area contributed by atoms with E-state index in [4.69, 9.17) is 0 Å². The first-order valence-electron chi connectivity index (χ1n) is 7.17. The Morgan fingerprint density at radius 1 is 1.33 bits per heavy atom. The van der Waals surface area contributed by atoms with Gasteiger partial charge in [-0.15, -0.1) is 0 Å². The third kappa shape index (κ3) is 4.78. The molecule has 0 spiro atoms. The maximum Gasteiger partial charge on any atom is 0.0522 e. The van der Waals surface area contributed by atoms with Gasteiger partial charge in [-0.3, -0.25) is 4.68 Å². The van der Waals surface area contributed by atoms with E-state index in [1.807, 2.05) is 6.20 Å². The largest absolute Gasteiger partial charge is 0.307 e. The van der Waals surface area contributed by atoms with Gasteiger partial charge >= 0.3 is 0 Å². The van der Waals surface area contributed by atoms with E-state index in [9.17, 15) is 0 Å². The second-order valence-corrected chi connectivity index (χ2v) is 4.81. The standard InChI is InChI=1S/C14H28N4/c1-5-10-18-14(8-9-16-18)11-15-13(4)12-17(6-2)7-3/h8-9,13,15H,5-7,10-12H2,1-4H3. The summed E-state index contributed by atoms with van der Waals surface area (Å²) < 4.78 is 2.09. The summed E-state index contributed by atoms with van der Waals surface area (Å²) in [7, 11) is 0. The van der Waals surface area contributed by atoms with Crippen molar-refractivity contribution in [2.24, 2.45) is 0 Å². The third-order valence-corrected chi connectivity index (χ3v) is 3.30. The zero-order valence-electron chi connectivity index (χ0n) is 12.3. The zero-order valence-corrected chi connectivity index (χ0v) is 12.3. The molecule has 1 aromatic heterocycles. The molecule has 4 heteroatoms. The maximum atomic E-state index is 4.34. The van der Waals surface area contributed by atoms with Crippen molar-refractivity contribution in [3.8, 4) is 0 Å². The van der Waals surface area contributed by atoms with Gasteiger partial charge in [0.05, 0.1) is 5.69 Å². The average Bonchev–Trinajstić information content (AvgIpc) is 2.81. The fraction of sp³-hybridized carbons (Fsp3) is 0.786. The summed E-state index contributed by atoms with van der Waals surface area (Å²) in [5.41, 5.74) is 1.28. The van der Waals surface area contributed by atoms with E-state index >= 15 is 0 Å². The molecular formula is C14H28N4. The Bertz CT molecular complexity index is 317. The molecule has 1 N–H and O–H groups in total. The highest BCUT2D eigenvalue weighted by atomic mass is 15.3. The Kier molecular flexibility index (Phi) is 6.98. The van der Waals surface area contributed by atoms with Gasteiger partial charge in [0.1, 0.15) is 0 Å². The Morgan fingerprint density at radius 2 is 2.06 bits per heavy atom. The number of aryl methyl sites for hydroxylation is 1. The molecule has 1 atom stereocenters. The molecule has 0 saturated heterocycles. The van der Waals surface area contributed by atoms with Gasteiger partial charge in [-0.2, -0.15) is 5.10 Å². The van der Waals surface area contributed by atoms with E-state index < -0.39 is 0 Å². The predicted molar refractivity (Wildman–Crippen MR) is 76.6 cm³/mol. The van der Waals surface area contributed by atoms with Crippen LogP contribution in [0.2, 0.25) is 0 Å². The molecule has 0 aliphatic rings. The third-order valence-electron chi connectivity index (χ3n) is 3.30. The predicted octanol–water partition coefficient (Wildman–Crippen LogP) is 2.11. The summed E-state index contributed by atoms with van der Waals surface area (Å²) in [6.07, 6.45) is 3.02. The first kappa shape index (κ1) is 15.2. The van der Waals surface area contributed by atoms with Gasteiger partial charge in [0.25, 0.3) is 0 Å². The lowest BCUT2D eigenvalue weighted by atomic mass is 10.3. The minimum atomic E-state index is 0.509.